The Morgan fingerprint density at radius 2 is 1.59 bits per heavy atom. The highest BCUT2D eigenvalue weighted by Crippen LogP contribution is 2.35. The Morgan fingerprint density at radius 1 is 0.974 bits per heavy atom. The first-order valence-corrected chi connectivity index (χ1v) is 13.1. The van der Waals surface area contributed by atoms with Gasteiger partial charge in [0.1, 0.15) is 17.1 Å². The number of Topliss-reactive ketones (excluding diaryl/α,β-unsaturated/α-hetero) is 2. The van der Waals surface area contributed by atoms with Crippen molar-refractivity contribution in [2.75, 3.05) is 69.3 Å². The molecule has 12 nitrogen and oxygen atoms in total. The van der Waals surface area contributed by atoms with Gasteiger partial charge in [0, 0.05) is 75.2 Å². The van der Waals surface area contributed by atoms with Crippen LogP contribution in [0.3, 0.4) is 0 Å². The fraction of sp³-hybridized carbons (Fsp3) is 0.407. The summed E-state index contributed by atoms with van der Waals surface area (Å²) in [5.41, 5.74) is 8.75. The van der Waals surface area contributed by atoms with Crippen LogP contribution in [0.4, 0.5) is 17.1 Å². The third-order valence-electron chi connectivity index (χ3n) is 7.23. The fourth-order valence-electron chi connectivity index (χ4n) is 5.21. The van der Waals surface area contributed by atoms with Crippen LogP contribution < -0.4 is 26.7 Å². The summed E-state index contributed by atoms with van der Waals surface area (Å²) in [5, 5.41) is 14.6. The molecule has 0 unspecified atom stereocenters. The van der Waals surface area contributed by atoms with Gasteiger partial charge in [-0.2, -0.15) is 0 Å². The zero-order valence-corrected chi connectivity index (χ0v) is 22.2. The number of quaternary nitrogens is 1. The molecular formula is C27H36N7O5+. The summed E-state index contributed by atoms with van der Waals surface area (Å²) in [6.07, 6.45) is 2.12. The second-order valence-corrected chi connectivity index (χ2v) is 9.66. The minimum Gasteiger partial charge on any atom is -0.394 e. The maximum atomic E-state index is 12.8. The van der Waals surface area contributed by atoms with Crippen LogP contribution in [0.5, 0.6) is 0 Å². The summed E-state index contributed by atoms with van der Waals surface area (Å²) in [7, 11) is 1.51. The lowest BCUT2D eigenvalue weighted by Crippen LogP contribution is -2.48. The molecule has 5 rings (SSSR count). The van der Waals surface area contributed by atoms with Crippen LogP contribution in [0, 0.1) is 10.1 Å². The van der Waals surface area contributed by atoms with Crippen molar-refractivity contribution in [1.82, 2.24) is 10.2 Å². The van der Waals surface area contributed by atoms with Gasteiger partial charge < -0.3 is 20.9 Å². The summed E-state index contributed by atoms with van der Waals surface area (Å²) < 4.78 is 0. The van der Waals surface area contributed by atoms with E-state index in [1.54, 1.807) is 30.3 Å². The molecule has 0 aromatic heterocycles. The van der Waals surface area contributed by atoms with E-state index in [0.29, 0.717) is 29.9 Å². The first-order chi connectivity index (χ1) is 18.8. The molecule has 0 spiro atoms. The van der Waals surface area contributed by atoms with Crippen LogP contribution in [-0.4, -0.2) is 80.9 Å². The fourth-order valence-corrected chi connectivity index (χ4v) is 5.21. The Morgan fingerprint density at radius 3 is 2.21 bits per heavy atom. The number of nitrogens with two attached hydrogens (primary N) is 1. The molecule has 6 N–H and O–H groups in total. The van der Waals surface area contributed by atoms with E-state index in [-0.39, 0.29) is 33.6 Å². The van der Waals surface area contributed by atoms with Crippen LogP contribution in [-0.2, 0) is 4.84 Å². The summed E-state index contributed by atoms with van der Waals surface area (Å²) in [6, 6.07) is 12.2. The lowest BCUT2D eigenvalue weighted by Gasteiger charge is -2.36. The molecule has 2 fully saturated rings. The molecule has 3 aliphatic rings. The van der Waals surface area contributed by atoms with Crippen LogP contribution in [0.15, 0.2) is 53.9 Å². The molecule has 2 aliphatic heterocycles. The number of hydrogen-bond acceptors (Lipinski definition) is 10. The minimum absolute atomic E-state index is 0.0319. The molecular weight excluding hydrogens is 502 g/mol. The molecule has 0 amide bonds. The number of piperazine rings is 1. The average Bonchev–Trinajstić information content (AvgIpc) is 3.49. The van der Waals surface area contributed by atoms with Crippen LogP contribution in [0.1, 0.15) is 33.6 Å². The minimum atomic E-state index is -0.322. The van der Waals surface area contributed by atoms with Crippen molar-refractivity contribution < 1.29 is 25.2 Å². The van der Waals surface area contributed by atoms with Gasteiger partial charge in [0.25, 0.3) is 5.69 Å². The third kappa shape index (κ3) is 6.19. The molecule has 208 valence electrons. The maximum absolute atomic E-state index is 12.8. The van der Waals surface area contributed by atoms with Crippen molar-refractivity contribution in [3.05, 3.63) is 75.1 Å². The molecule has 2 aromatic rings. The number of nitro benzene ring substituents is 1. The first kappa shape index (κ1) is 28.0. The monoisotopic (exact) mass is 538 g/mol. The average molecular weight is 539 g/mol. The van der Waals surface area contributed by atoms with E-state index in [9.17, 15) is 19.7 Å². The van der Waals surface area contributed by atoms with Gasteiger partial charge in [-0.25, -0.2) is 10.7 Å². The highest BCUT2D eigenvalue weighted by atomic mass is 16.6. The number of carbonyl (C=O) groups excluding carboxylic acids is 2. The maximum Gasteiger partial charge on any atom is 0.292 e. The van der Waals surface area contributed by atoms with Crippen molar-refractivity contribution >= 4 is 28.6 Å². The predicted octanol–water partition coefficient (Wildman–Crippen LogP) is 0.946. The standard InChI is InChI=1S/C26H30N6O4.CH6NO/c27-23-24(26(34)20-6-2-1-5-19(20)25(23)33)28-9-12-29-13-15-30(16-14-29)18-7-8-21(32(35)36)22(17-18)31-10-3-4-11-31;1-3-2/h1-2,5-8,17,28H,3-4,9-16,27H2;1-2H3/q;+1. The molecule has 2 heterocycles. The number of allylic oxidation sites excluding steroid dienone is 2. The second kappa shape index (κ2) is 12.7. The molecule has 39 heavy (non-hydrogen) atoms. The van der Waals surface area contributed by atoms with Crippen molar-refractivity contribution in [2.24, 2.45) is 5.73 Å². The number of fused-ring (bicyclic) bond motifs is 1. The van der Waals surface area contributed by atoms with Gasteiger partial charge in [-0.3, -0.25) is 24.6 Å². The number of carbonyl (C=O) groups is 2. The van der Waals surface area contributed by atoms with Crippen molar-refractivity contribution in [1.29, 1.82) is 0 Å². The van der Waals surface area contributed by atoms with Gasteiger partial charge in [0.2, 0.25) is 11.6 Å². The summed E-state index contributed by atoms with van der Waals surface area (Å²) in [6.45, 7) is 6.14. The summed E-state index contributed by atoms with van der Waals surface area (Å²) >= 11 is 0. The van der Waals surface area contributed by atoms with Crippen LogP contribution in [0.25, 0.3) is 0 Å². The highest BCUT2D eigenvalue weighted by Gasteiger charge is 2.30. The Labute approximate surface area is 227 Å². The zero-order valence-electron chi connectivity index (χ0n) is 22.2. The number of rotatable bonds is 7. The van der Waals surface area contributed by atoms with E-state index >= 15 is 0 Å². The van der Waals surface area contributed by atoms with Gasteiger partial charge in [-0.15, -0.1) is 0 Å². The lowest BCUT2D eigenvalue weighted by molar-refractivity contribution is -0.679. The van der Waals surface area contributed by atoms with Crippen molar-refractivity contribution in [3.63, 3.8) is 0 Å². The van der Waals surface area contributed by atoms with Crippen LogP contribution >= 0.6 is 0 Å². The van der Waals surface area contributed by atoms with Crippen molar-refractivity contribution in [3.8, 4) is 0 Å². The van der Waals surface area contributed by atoms with Gasteiger partial charge in [0.05, 0.1) is 12.0 Å². The van der Waals surface area contributed by atoms with E-state index < -0.39 is 0 Å². The van der Waals surface area contributed by atoms with E-state index in [2.05, 4.69) is 30.8 Å². The molecule has 0 radical (unpaired) electrons. The van der Waals surface area contributed by atoms with Gasteiger partial charge in [-0.1, -0.05) is 24.3 Å². The zero-order chi connectivity index (χ0) is 27.9. The molecule has 0 atom stereocenters. The van der Waals surface area contributed by atoms with Gasteiger partial charge in [0.15, 0.2) is 0 Å². The largest absolute Gasteiger partial charge is 0.394 e. The SMILES string of the molecule is CO[NH3+].NC1=C(NCCN2CCN(c3ccc([N+](=O)[O-])c(N4CCCC4)c3)CC2)C(=O)c2ccccc2C1=O. The second-order valence-electron chi connectivity index (χ2n) is 9.66. The topological polar surface area (TPSA) is 162 Å². The Hall–Kier alpha value is -4.00. The van der Waals surface area contributed by atoms with E-state index in [0.717, 1.165) is 57.8 Å². The Balaban J connectivity index is 0.00000112. The van der Waals surface area contributed by atoms with E-state index in [4.69, 9.17) is 5.73 Å². The molecule has 0 saturated carbocycles. The van der Waals surface area contributed by atoms with E-state index in [1.165, 1.54) is 7.11 Å². The number of ketones is 2. The lowest BCUT2D eigenvalue weighted by atomic mass is 9.90. The highest BCUT2D eigenvalue weighted by molar-refractivity contribution is 6.26. The Bertz CT molecular complexity index is 1250. The molecule has 1 aliphatic carbocycles. The summed E-state index contributed by atoms with van der Waals surface area (Å²) in [4.78, 5) is 47.3. The molecule has 2 aromatic carbocycles. The summed E-state index contributed by atoms with van der Waals surface area (Å²) in [5.74, 6) is 2.41. The van der Waals surface area contributed by atoms with Crippen molar-refractivity contribution in [2.45, 2.75) is 12.8 Å². The molecule has 12 heteroatoms. The number of benzene rings is 2. The predicted molar refractivity (Wildman–Crippen MR) is 147 cm³/mol. The Kier molecular flexibility index (Phi) is 9.12. The smallest absolute Gasteiger partial charge is 0.292 e. The number of anilines is 2. The quantitative estimate of drug-likeness (QED) is 0.342. The van der Waals surface area contributed by atoms with E-state index in [1.807, 2.05) is 12.1 Å². The number of hydrogen-bond donors (Lipinski definition) is 3. The van der Waals surface area contributed by atoms with Gasteiger partial charge >= 0.3 is 0 Å². The molecule has 0 bridgehead atoms. The first-order valence-electron chi connectivity index (χ1n) is 13.1. The van der Waals surface area contributed by atoms with Crippen LogP contribution in [0.2, 0.25) is 0 Å². The van der Waals surface area contributed by atoms with Gasteiger partial charge in [-0.05, 0) is 25.0 Å². The third-order valence-corrected chi connectivity index (χ3v) is 7.23. The normalized spacial score (nSPS) is 17.6. The number of nitrogens with one attached hydrogen (secondary N) is 1. The molecule has 2 saturated heterocycles. The number of nitrogens with zero attached hydrogens (tertiary/aromatic N) is 4. The number of nitro groups is 1.